The summed E-state index contributed by atoms with van der Waals surface area (Å²) >= 11 is 0. The van der Waals surface area contributed by atoms with E-state index in [1.54, 1.807) is 17.9 Å². The quantitative estimate of drug-likeness (QED) is 0.805. The van der Waals surface area contributed by atoms with Gasteiger partial charge in [0.05, 0.1) is 0 Å². The van der Waals surface area contributed by atoms with E-state index in [0.29, 0.717) is 18.1 Å². The Bertz CT molecular complexity index is 895. The van der Waals surface area contributed by atoms with Crippen LogP contribution >= 0.6 is 0 Å². The molecule has 1 saturated carbocycles. The van der Waals surface area contributed by atoms with Crippen LogP contribution in [0.15, 0.2) is 34.9 Å². The largest absolute Gasteiger partial charge is 0.340 e. The van der Waals surface area contributed by atoms with Crippen LogP contribution in [0.25, 0.3) is 6.08 Å². The van der Waals surface area contributed by atoms with Gasteiger partial charge in [-0.25, -0.2) is 0 Å². The van der Waals surface area contributed by atoms with Gasteiger partial charge >= 0.3 is 0 Å². The standard InChI is InChI=1S/C21H24N4O3/c1-15-22-20(24-28-15)21(12-2-3-13-21)23-18(26)11-8-16-6-9-17(10-7-16)25-14-4-5-19(25)27/h6-11H,2-5,12-14H2,1H3,(H,23,26)/b11-8+. The van der Waals surface area contributed by atoms with Crippen molar-refractivity contribution in [3.63, 3.8) is 0 Å². The molecule has 28 heavy (non-hydrogen) atoms. The minimum absolute atomic E-state index is 0.168. The second-order valence-corrected chi connectivity index (χ2v) is 7.49. The third-order valence-corrected chi connectivity index (χ3v) is 5.48. The highest BCUT2D eigenvalue weighted by molar-refractivity contribution is 5.95. The summed E-state index contributed by atoms with van der Waals surface area (Å²) in [5.74, 6) is 1.05. The first-order chi connectivity index (χ1) is 13.6. The molecule has 1 aliphatic heterocycles. The molecule has 1 aromatic heterocycles. The van der Waals surface area contributed by atoms with Gasteiger partial charge in [0.25, 0.3) is 0 Å². The Kier molecular flexibility index (Phi) is 4.98. The van der Waals surface area contributed by atoms with Crippen LogP contribution < -0.4 is 10.2 Å². The molecule has 7 nitrogen and oxygen atoms in total. The molecule has 0 unspecified atom stereocenters. The Hall–Kier alpha value is -2.96. The summed E-state index contributed by atoms with van der Waals surface area (Å²) < 4.78 is 5.12. The predicted molar refractivity (Wildman–Crippen MR) is 104 cm³/mol. The number of rotatable bonds is 5. The van der Waals surface area contributed by atoms with Crippen LogP contribution in [0.2, 0.25) is 0 Å². The molecule has 0 bridgehead atoms. The van der Waals surface area contributed by atoms with Crippen molar-refractivity contribution in [3.05, 3.63) is 47.6 Å². The molecule has 1 aliphatic carbocycles. The molecule has 0 radical (unpaired) electrons. The van der Waals surface area contributed by atoms with Crippen LogP contribution in [0.1, 0.15) is 55.8 Å². The predicted octanol–water partition coefficient (Wildman–Crippen LogP) is 3.10. The fourth-order valence-corrected chi connectivity index (χ4v) is 4.01. The molecule has 1 N–H and O–H groups in total. The van der Waals surface area contributed by atoms with E-state index in [4.69, 9.17) is 4.52 Å². The number of carbonyl (C=O) groups excluding carboxylic acids is 2. The lowest BCUT2D eigenvalue weighted by atomic mass is 9.96. The Labute approximate surface area is 163 Å². The van der Waals surface area contributed by atoms with E-state index in [9.17, 15) is 9.59 Å². The number of nitrogens with one attached hydrogen (secondary N) is 1. The zero-order chi connectivity index (χ0) is 19.6. The highest BCUT2D eigenvalue weighted by Crippen LogP contribution is 2.37. The molecular formula is C21H24N4O3. The summed E-state index contributed by atoms with van der Waals surface area (Å²) in [6.45, 7) is 2.52. The van der Waals surface area contributed by atoms with E-state index in [2.05, 4.69) is 15.5 Å². The normalized spacial score (nSPS) is 18.9. The molecule has 2 amide bonds. The van der Waals surface area contributed by atoms with Gasteiger partial charge in [-0.2, -0.15) is 4.98 Å². The minimum Gasteiger partial charge on any atom is -0.340 e. The van der Waals surface area contributed by atoms with Crippen molar-refractivity contribution >= 4 is 23.6 Å². The summed E-state index contributed by atoms with van der Waals surface area (Å²) in [6.07, 6.45) is 8.49. The summed E-state index contributed by atoms with van der Waals surface area (Å²) in [5, 5.41) is 7.13. The van der Waals surface area contributed by atoms with Gasteiger partial charge in [0, 0.05) is 31.7 Å². The zero-order valence-corrected chi connectivity index (χ0v) is 16.0. The van der Waals surface area contributed by atoms with Crippen LogP contribution in [-0.4, -0.2) is 28.5 Å². The molecular weight excluding hydrogens is 356 g/mol. The van der Waals surface area contributed by atoms with Crippen LogP contribution in [0.3, 0.4) is 0 Å². The van der Waals surface area contributed by atoms with Crippen molar-refractivity contribution in [2.45, 2.75) is 51.0 Å². The maximum atomic E-state index is 12.5. The Balaban J connectivity index is 1.42. The van der Waals surface area contributed by atoms with Crippen LogP contribution in [0, 0.1) is 6.92 Å². The van der Waals surface area contributed by atoms with Crippen molar-refractivity contribution in [2.75, 3.05) is 11.4 Å². The van der Waals surface area contributed by atoms with Crippen molar-refractivity contribution < 1.29 is 14.1 Å². The van der Waals surface area contributed by atoms with Gasteiger partial charge < -0.3 is 14.7 Å². The fourth-order valence-electron chi connectivity index (χ4n) is 4.01. The average Bonchev–Trinajstić information content (AvgIpc) is 3.43. The lowest BCUT2D eigenvalue weighted by Gasteiger charge is -2.25. The van der Waals surface area contributed by atoms with Crippen molar-refractivity contribution in [1.82, 2.24) is 15.5 Å². The van der Waals surface area contributed by atoms with Gasteiger partial charge in [0.15, 0.2) is 5.82 Å². The van der Waals surface area contributed by atoms with Gasteiger partial charge in [-0.1, -0.05) is 30.1 Å². The third kappa shape index (κ3) is 3.69. The van der Waals surface area contributed by atoms with Crippen molar-refractivity contribution in [1.29, 1.82) is 0 Å². The summed E-state index contributed by atoms with van der Waals surface area (Å²) in [5.41, 5.74) is 1.27. The van der Waals surface area contributed by atoms with Crippen LogP contribution in [0.4, 0.5) is 5.69 Å². The molecule has 4 rings (SSSR count). The third-order valence-electron chi connectivity index (χ3n) is 5.48. The number of nitrogens with zero attached hydrogens (tertiary/aromatic N) is 3. The molecule has 0 atom stereocenters. The smallest absolute Gasteiger partial charge is 0.244 e. The van der Waals surface area contributed by atoms with Crippen LogP contribution in [0.5, 0.6) is 0 Å². The lowest BCUT2D eigenvalue weighted by Crippen LogP contribution is -2.44. The van der Waals surface area contributed by atoms with E-state index in [1.165, 1.54) is 6.08 Å². The molecule has 146 valence electrons. The second-order valence-electron chi connectivity index (χ2n) is 7.49. The molecule has 1 aromatic carbocycles. The molecule has 0 spiro atoms. The van der Waals surface area contributed by atoms with Gasteiger partial charge in [-0.05, 0) is 43.0 Å². The maximum absolute atomic E-state index is 12.5. The van der Waals surface area contributed by atoms with Gasteiger partial charge in [-0.3, -0.25) is 9.59 Å². The number of hydrogen-bond acceptors (Lipinski definition) is 5. The molecule has 2 aliphatic rings. The number of amides is 2. The summed E-state index contributed by atoms with van der Waals surface area (Å²) in [4.78, 5) is 30.5. The molecule has 2 heterocycles. The van der Waals surface area contributed by atoms with Gasteiger partial charge in [-0.15, -0.1) is 0 Å². The van der Waals surface area contributed by atoms with Crippen molar-refractivity contribution in [2.24, 2.45) is 0 Å². The molecule has 2 aromatic rings. The van der Waals surface area contributed by atoms with Crippen molar-refractivity contribution in [3.8, 4) is 0 Å². The second kappa shape index (κ2) is 7.58. The number of aromatic nitrogens is 2. The first-order valence-corrected chi connectivity index (χ1v) is 9.77. The average molecular weight is 380 g/mol. The fraction of sp³-hybridized carbons (Fsp3) is 0.429. The van der Waals surface area contributed by atoms with Crippen LogP contribution in [-0.2, 0) is 15.1 Å². The molecule has 2 fully saturated rings. The van der Waals surface area contributed by atoms with Gasteiger partial charge in [0.1, 0.15) is 5.54 Å². The maximum Gasteiger partial charge on any atom is 0.244 e. The number of carbonyl (C=O) groups is 2. The van der Waals surface area contributed by atoms with E-state index in [-0.39, 0.29) is 11.8 Å². The van der Waals surface area contributed by atoms with E-state index in [1.807, 2.05) is 24.3 Å². The van der Waals surface area contributed by atoms with E-state index in [0.717, 1.165) is 49.9 Å². The Morgan fingerprint density at radius 3 is 2.57 bits per heavy atom. The highest BCUT2D eigenvalue weighted by atomic mass is 16.5. The number of aryl methyl sites for hydroxylation is 1. The first-order valence-electron chi connectivity index (χ1n) is 9.77. The monoisotopic (exact) mass is 380 g/mol. The topological polar surface area (TPSA) is 88.3 Å². The number of benzene rings is 1. The highest BCUT2D eigenvalue weighted by Gasteiger charge is 2.40. The number of hydrogen-bond donors (Lipinski definition) is 1. The van der Waals surface area contributed by atoms with E-state index >= 15 is 0 Å². The lowest BCUT2D eigenvalue weighted by molar-refractivity contribution is -0.118. The Morgan fingerprint density at radius 1 is 1.21 bits per heavy atom. The summed E-state index contributed by atoms with van der Waals surface area (Å²) in [7, 11) is 0. The Morgan fingerprint density at radius 2 is 1.96 bits per heavy atom. The van der Waals surface area contributed by atoms with Gasteiger partial charge in [0.2, 0.25) is 17.7 Å². The zero-order valence-electron chi connectivity index (χ0n) is 16.0. The first kappa shape index (κ1) is 18.4. The van der Waals surface area contributed by atoms with E-state index < -0.39 is 5.54 Å². The SMILES string of the molecule is Cc1nc(C2(NC(=O)/C=C/c3ccc(N4CCCC4=O)cc3)CCCC2)no1. The number of anilines is 1. The minimum atomic E-state index is -0.543. The summed E-state index contributed by atoms with van der Waals surface area (Å²) in [6, 6.07) is 7.67. The molecule has 1 saturated heterocycles. The molecule has 7 heteroatoms.